The van der Waals surface area contributed by atoms with Crippen molar-refractivity contribution in [1.29, 1.82) is 0 Å². The number of ether oxygens (including phenoxy) is 1. The Bertz CT molecular complexity index is 1440. The van der Waals surface area contributed by atoms with Crippen LogP contribution in [0.4, 0.5) is 45.2 Å². The first-order chi connectivity index (χ1) is 21.2. The zero-order valence-electron chi connectivity index (χ0n) is 26.0. The van der Waals surface area contributed by atoms with Crippen LogP contribution in [0.2, 0.25) is 0 Å². The number of carbonyl (C=O) groups excluding carboxylic acids is 1. The first kappa shape index (κ1) is 36.8. The van der Waals surface area contributed by atoms with Gasteiger partial charge in [0.1, 0.15) is 0 Å². The van der Waals surface area contributed by atoms with Gasteiger partial charge in [-0.25, -0.2) is 0 Å². The molecule has 1 atom stereocenters. The molecule has 0 aliphatic rings. The fourth-order valence-corrected chi connectivity index (χ4v) is 5.27. The van der Waals surface area contributed by atoms with Gasteiger partial charge in [0, 0.05) is 13.1 Å². The Balaban J connectivity index is 2.42. The zero-order chi connectivity index (χ0) is 34.6. The summed E-state index contributed by atoms with van der Waals surface area (Å²) in [4.78, 5) is 14.2. The van der Waals surface area contributed by atoms with E-state index >= 15 is 13.2 Å². The molecule has 0 saturated heterocycles. The molecule has 46 heavy (non-hydrogen) atoms. The van der Waals surface area contributed by atoms with E-state index in [1.54, 1.807) is 58.0 Å². The van der Waals surface area contributed by atoms with Gasteiger partial charge in [-0.2, -0.15) is 39.5 Å². The second-order valence-electron chi connectivity index (χ2n) is 12.0. The van der Waals surface area contributed by atoms with Gasteiger partial charge in [-0.3, -0.25) is 4.79 Å². The lowest BCUT2D eigenvalue weighted by atomic mass is 9.84. The Labute approximate surface area is 262 Å². The number of methoxy groups -OCH3 is 1. The average Bonchev–Trinajstić information content (AvgIpc) is 2.95. The van der Waals surface area contributed by atoms with E-state index in [9.17, 15) is 31.1 Å². The summed E-state index contributed by atoms with van der Waals surface area (Å²) < 4.78 is 133. The van der Waals surface area contributed by atoms with Crippen LogP contribution in [0.3, 0.4) is 0 Å². The Morgan fingerprint density at radius 1 is 0.739 bits per heavy atom. The fourth-order valence-electron chi connectivity index (χ4n) is 5.27. The monoisotopic (exact) mass is 661 g/mol. The van der Waals surface area contributed by atoms with Gasteiger partial charge in [0.05, 0.1) is 35.4 Å². The molecular weight excluding hydrogens is 625 g/mol. The second-order valence-corrected chi connectivity index (χ2v) is 12.0. The molecule has 0 radical (unpaired) electrons. The van der Waals surface area contributed by atoms with E-state index in [1.807, 2.05) is 0 Å². The van der Waals surface area contributed by atoms with E-state index in [0.717, 1.165) is 12.0 Å². The minimum absolute atomic E-state index is 0.0119. The van der Waals surface area contributed by atoms with Gasteiger partial charge in [-0.15, -0.1) is 0 Å². The van der Waals surface area contributed by atoms with Crippen LogP contribution in [0.5, 0.6) is 0 Å². The normalized spacial score (nSPS) is 13.3. The van der Waals surface area contributed by atoms with Crippen LogP contribution in [-0.4, -0.2) is 19.6 Å². The van der Waals surface area contributed by atoms with Gasteiger partial charge >= 0.3 is 24.5 Å². The summed E-state index contributed by atoms with van der Waals surface area (Å²) in [6, 6.07) is 11.8. The summed E-state index contributed by atoms with van der Waals surface area (Å²) in [5.41, 5.74) is -4.89. The number of benzene rings is 3. The minimum atomic E-state index is -5.14. The summed E-state index contributed by atoms with van der Waals surface area (Å²) in [7, 11) is 1.06. The molecule has 0 aliphatic carbocycles. The van der Waals surface area contributed by atoms with E-state index in [2.05, 4.69) is 0 Å². The molecule has 0 heterocycles. The van der Waals surface area contributed by atoms with E-state index in [4.69, 9.17) is 4.74 Å². The highest BCUT2D eigenvalue weighted by molar-refractivity contribution is 5.82. The Morgan fingerprint density at radius 3 is 1.76 bits per heavy atom. The van der Waals surface area contributed by atoms with Crippen molar-refractivity contribution in [3.8, 4) is 11.1 Å². The largest absolute Gasteiger partial charge is 0.469 e. The number of esters is 1. The highest BCUT2D eigenvalue weighted by Crippen LogP contribution is 2.46. The van der Waals surface area contributed by atoms with Crippen LogP contribution in [-0.2, 0) is 34.6 Å². The number of nitrogens with zero attached hydrogens (tertiary/aromatic N) is 1. The third kappa shape index (κ3) is 9.42. The van der Waals surface area contributed by atoms with Crippen molar-refractivity contribution in [1.82, 2.24) is 0 Å². The minimum Gasteiger partial charge on any atom is -0.469 e. The molecule has 0 N–H and O–H groups in total. The number of rotatable bonds is 11. The summed E-state index contributed by atoms with van der Waals surface area (Å²) in [6.07, 6.45) is -15.1. The maximum atomic E-state index is 15.2. The summed E-state index contributed by atoms with van der Waals surface area (Å²) in [5, 5.41) is 0. The van der Waals surface area contributed by atoms with E-state index in [0.29, 0.717) is 17.7 Å². The lowest BCUT2D eigenvalue weighted by Crippen LogP contribution is -2.30. The van der Waals surface area contributed by atoms with Crippen LogP contribution >= 0.6 is 0 Å². The van der Waals surface area contributed by atoms with Crippen LogP contribution in [0.25, 0.3) is 11.1 Å². The molecule has 0 saturated carbocycles. The summed E-state index contributed by atoms with van der Waals surface area (Å²) in [6.45, 7) is 6.20. The standard InChI is InChI=1S/C34H36F9NO2/c1-20(2)11-12-44(19-22-14-25(32(35,36)37)18-26(15-22)33(38,39)40)29-17-24(23-9-7-6-8-10-23)16-27(30(29)34(41,42)43)28(13-21(3)4)31(45)46-5/h6-10,14-18,20-21,28H,11-13,19H2,1-5H3/t28-/m1/s1. The van der Waals surface area contributed by atoms with Crippen molar-refractivity contribution in [2.75, 3.05) is 18.6 Å². The molecule has 3 rings (SSSR count). The van der Waals surface area contributed by atoms with Crippen LogP contribution in [0.1, 0.15) is 74.3 Å². The highest BCUT2D eigenvalue weighted by Gasteiger charge is 2.42. The molecule has 3 nitrogen and oxygen atoms in total. The Hall–Kier alpha value is -3.70. The quantitative estimate of drug-likeness (QED) is 0.151. The van der Waals surface area contributed by atoms with Crippen molar-refractivity contribution >= 4 is 11.7 Å². The number of anilines is 1. The third-order valence-electron chi connectivity index (χ3n) is 7.44. The van der Waals surface area contributed by atoms with Crippen molar-refractivity contribution < 1.29 is 49.0 Å². The molecule has 0 amide bonds. The lowest BCUT2D eigenvalue weighted by molar-refractivity contribution is -0.145. The smallest absolute Gasteiger partial charge is 0.418 e. The zero-order valence-corrected chi connectivity index (χ0v) is 26.0. The number of carbonyl (C=O) groups is 1. The number of hydrogen-bond donors (Lipinski definition) is 0. The molecule has 0 fully saturated rings. The topological polar surface area (TPSA) is 29.5 Å². The molecule has 12 heteroatoms. The first-order valence-electron chi connectivity index (χ1n) is 14.6. The molecular formula is C34H36F9NO2. The average molecular weight is 662 g/mol. The predicted molar refractivity (Wildman–Crippen MR) is 158 cm³/mol. The maximum absolute atomic E-state index is 15.2. The van der Waals surface area contributed by atoms with Crippen LogP contribution < -0.4 is 4.90 Å². The Kier molecular flexibility index (Phi) is 11.5. The molecule has 0 aromatic heterocycles. The Morgan fingerprint density at radius 2 is 1.30 bits per heavy atom. The lowest BCUT2D eigenvalue weighted by Gasteiger charge is -2.32. The number of hydrogen-bond acceptors (Lipinski definition) is 3. The molecule has 0 bridgehead atoms. The van der Waals surface area contributed by atoms with Crippen molar-refractivity contribution in [2.45, 2.75) is 71.5 Å². The van der Waals surface area contributed by atoms with Crippen molar-refractivity contribution in [3.63, 3.8) is 0 Å². The van der Waals surface area contributed by atoms with E-state index in [-0.39, 0.29) is 48.4 Å². The summed E-state index contributed by atoms with van der Waals surface area (Å²) >= 11 is 0. The molecule has 0 spiro atoms. The maximum Gasteiger partial charge on any atom is 0.418 e. The first-order valence-corrected chi connectivity index (χ1v) is 14.6. The van der Waals surface area contributed by atoms with Gasteiger partial charge in [0.2, 0.25) is 0 Å². The highest BCUT2D eigenvalue weighted by atomic mass is 19.4. The van der Waals surface area contributed by atoms with Crippen LogP contribution in [0, 0.1) is 11.8 Å². The van der Waals surface area contributed by atoms with Gasteiger partial charge in [-0.05, 0) is 77.3 Å². The van der Waals surface area contributed by atoms with Crippen molar-refractivity contribution in [2.24, 2.45) is 11.8 Å². The number of alkyl halides is 9. The SMILES string of the molecule is COC(=O)[C@H](CC(C)C)c1cc(-c2ccccc2)cc(N(CCC(C)C)Cc2cc(C(F)(F)F)cc(C(F)(F)F)c2)c1C(F)(F)F. The van der Waals surface area contributed by atoms with Crippen LogP contribution in [0.15, 0.2) is 60.7 Å². The van der Waals surface area contributed by atoms with Gasteiger partial charge in [-0.1, -0.05) is 58.0 Å². The van der Waals surface area contributed by atoms with Gasteiger partial charge < -0.3 is 9.64 Å². The second kappa shape index (κ2) is 14.4. The summed E-state index contributed by atoms with van der Waals surface area (Å²) in [5.74, 6) is -2.58. The van der Waals surface area contributed by atoms with E-state index in [1.165, 1.54) is 12.1 Å². The fraction of sp³-hybridized carbons (Fsp3) is 0.441. The molecule has 0 aliphatic heterocycles. The molecule has 3 aromatic carbocycles. The molecule has 0 unspecified atom stereocenters. The van der Waals surface area contributed by atoms with Gasteiger partial charge in [0.25, 0.3) is 0 Å². The third-order valence-corrected chi connectivity index (χ3v) is 7.44. The van der Waals surface area contributed by atoms with E-state index < -0.39 is 64.9 Å². The molecule has 3 aromatic rings. The number of halogens is 9. The van der Waals surface area contributed by atoms with Gasteiger partial charge in [0.15, 0.2) is 0 Å². The van der Waals surface area contributed by atoms with Crippen molar-refractivity contribution in [3.05, 3.63) is 88.5 Å². The predicted octanol–water partition coefficient (Wildman–Crippen LogP) is 10.8. The molecule has 252 valence electrons.